The van der Waals surface area contributed by atoms with E-state index in [9.17, 15) is 4.79 Å². The second-order valence-corrected chi connectivity index (χ2v) is 5.28. The first-order valence-corrected chi connectivity index (χ1v) is 7.71. The van der Waals surface area contributed by atoms with E-state index in [-0.39, 0.29) is 5.91 Å². The van der Waals surface area contributed by atoms with Crippen molar-refractivity contribution in [2.45, 2.75) is 25.8 Å². The molecule has 0 radical (unpaired) electrons. The highest BCUT2D eigenvalue weighted by Crippen LogP contribution is 2.13. The average molecular weight is 297 g/mol. The first kappa shape index (κ1) is 16.2. The van der Waals surface area contributed by atoms with E-state index in [1.807, 2.05) is 53.4 Å². The summed E-state index contributed by atoms with van der Waals surface area (Å²) in [5.74, 6) is -0.0241. The Morgan fingerprint density at radius 2 is 1.86 bits per heavy atom. The summed E-state index contributed by atoms with van der Waals surface area (Å²) in [6, 6.07) is 14.7. The zero-order valence-electron chi connectivity index (χ0n) is 13.0. The van der Waals surface area contributed by atoms with Crippen molar-refractivity contribution in [2.75, 3.05) is 13.1 Å². The van der Waals surface area contributed by atoms with Gasteiger partial charge in [0.2, 0.25) is 5.91 Å². The highest BCUT2D eigenvalue weighted by atomic mass is 16.2. The number of hydrogen-bond acceptors (Lipinski definition) is 3. The van der Waals surface area contributed by atoms with Crippen molar-refractivity contribution in [3.05, 3.63) is 66.0 Å². The minimum absolute atomic E-state index is 0.0241. The minimum atomic E-state index is -0.600. The molecule has 1 aromatic heterocycles. The molecule has 1 atom stereocenters. The Bertz CT molecular complexity index is 571. The van der Waals surface area contributed by atoms with Crippen molar-refractivity contribution in [3.63, 3.8) is 0 Å². The molecular weight excluding hydrogens is 274 g/mol. The first-order chi connectivity index (χ1) is 10.7. The van der Waals surface area contributed by atoms with Crippen molar-refractivity contribution in [1.82, 2.24) is 9.88 Å². The van der Waals surface area contributed by atoms with Crippen LogP contribution >= 0.6 is 0 Å². The van der Waals surface area contributed by atoms with Gasteiger partial charge in [0.15, 0.2) is 0 Å². The summed E-state index contributed by atoms with van der Waals surface area (Å²) in [5.41, 5.74) is 7.98. The van der Waals surface area contributed by atoms with Crippen LogP contribution in [0.1, 0.15) is 30.6 Å². The summed E-state index contributed by atoms with van der Waals surface area (Å²) in [4.78, 5) is 18.8. The van der Waals surface area contributed by atoms with E-state index in [1.165, 1.54) is 0 Å². The number of carbonyl (C=O) groups excluding carboxylic acids is 1. The standard InChI is InChI=1S/C18H23N3O/c1-2-13-21(14-11-16-10-6-7-12-20-16)18(22)17(19)15-8-4-3-5-9-15/h3-10,12,17H,2,11,13-14,19H2,1H3. The number of nitrogens with two attached hydrogens (primary N) is 1. The maximum absolute atomic E-state index is 12.6. The van der Waals surface area contributed by atoms with Gasteiger partial charge in [-0.25, -0.2) is 0 Å². The molecule has 22 heavy (non-hydrogen) atoms. The van der Waals surface area contributed by atoms with Gasteiger partial charge in [-0.05, 0) is 24.1 Å². The number of benzene rings is 1. The monoisotopic (exact) mass is 297 g/mol. The van der Waals surface area contributed by atoms with E-state index in [0.717, 1.165) is 24.1 Å². The number of aromatic nitrogens is 1. The highest BCUT2D eigenvalue weighted by Gasteiger charge is 2.21. The van der Waals surface area contributed by atoms with Gasteiger partial charge in [-0.15, -0.1) is 0 Å². The van der Waals surface area contributed by atoms with E-state index < -0.39 is 6.04 Å². The van der Waals surface area contributed by atoms with Gasteiger partial charge < -0.3 is 10.6 Å². The molecule has 2 aromatic rings. The van der Waals surface area contributed by atoms with E-state index in [2.05, 4.69) is 11.9 Å². The minimum Gasteiger partial charge on any atom is -0.341 e. The number of carbonyl (C=O) groups is 1. The van der Waals surface area contributed by atoms with Gasteiger partial charge in [0.05, 0.1) is 0 Å². The van der Waals surface area contributed by atoms with E-state index in [1.54, 1.807) is 6.20 Å². The van der Waals surface area contributed by atoms with Crippen molar-refractivity contribution >= 4 is 5.91 Å². The SMILES string of the molecule is CCCN(CCc1ccccn1)C(=O)C(N)c1ccccc1. The van der Waals surface area contributed by atoms with Crippen LogP contribution in [0.2, 0.25) is 0 Å². The topological polar surface area (TPSA) is 59.2 Å². The quantitative estimate of drug-likeness (QED) is 0.854. The van der Waals surface area contributed by atoms with Crippen LogP contribution in [0.15, 0.2) is 54.7 Å². The third-order valence-electron chi connectivity index (χ3n) is 3.59. The molecule has 4 heteroatoms. The number of amides is 1. The molecule has 1 amide bonds. The van der Waals surface area contributed by atoms with Crippen LogP contribution in [0.5, 0.6) is 0 Å². The molecule has 2 rings (SSSR count). The van der Waals surface area contributed by atoms with Crippen molar-refractivity contribution in [3.8, 4) is 0 Å². The summed E-state index contributed by atoms with van der Waals surface area (Å²) in [5, 5.41) is 0. The second kappa shape index (κ2) is 8.29. The molecule has 116 valence electrons. The highest BCUT2D eigenvalue weighted by molar-refractivity contribution is 5.83. The maximum atomic E-state index is 12.6. The summed E-state index contributed by atoms with van der Waals surface area (Å²) < 4.78 is 0. The van der Waals surface area contributed by atoms with E-state index >= 15 is 0 Å². The molecule has 0 spiro atoms. The molecule has 0 saturated heterocycles. The lowest BCUT2D eigenvalue weighted by Crippen LogP contribution is -2.40. The third-order valence-corrected chi connectivity index (χ3v) is 3.59. The van der Waals surface area contributed by atoms with Gasteiger partial charge in [-0.1, -0.05) is 43.3 Å². The predicted octanol–water partition coefficient (Wildman–Crippen LogP) is 2.56. The van der Waals surface area contributed by atoms with Gasteiger partial charge in [0, 0.05) is 31.4 Å². The fraction of sp³-hybridized carbons (Fsp3) is 0.333. The van der Waals surface area contributed by atoms with E-state index in [4.69, 9.17) is 5.73 Å². The first-order valence-electron chi connectivity index (χ1n) is 7.71. The summed E-state index contributed by atoms with van der Waals surface area (Å²) >= 11 is 0. The molecule has 0 saturated carbocycles. The molecule has 0 fully saturated rings. The van der Waals surface area contributed by atoms with Crippen LogP contribution in [0.25, 0.3) is 0 Å². The number of pyridine rings is 1. The normalized spacial score (nSPS) is 11.9. The van der Waals surface area contributed by atoms with Crippen molar-refractivity contribution < 1.29 is 4.79 Å². The fourth-order valence-corrected chi connectivity index (χ4v) is 2.40. The van der Waals surface area contributed by atoms with E-state index in [0.29, 0.717) is 13.1 Å². The molecule has 1 heterocycles. The molecule has 0 aliphatic carbocycles. The molecule has 1 unspecified atom stereocenters. The Hall–Kier alpha value is -2.20. The molecule has 1 aromatic carbocycles. The molecule has 0 aliphatic rings. The van der Waals surface area contributed by atoms with Crippen LogP contribution in [0.3, 0.4) is 0 Å². The van der Waals surface area contributed by atoms with Crippen molar-refractivity contribution in [2.24, 2.45) is 5.73 Å². The molecule has 0 aliphatic heterocycles. The third kappa shape index (κ3) is 4.40. The van der Waals surface area contributed by atoms with Crippen LogP contribution < -0.4 is 5.73 Å². The van der Waals surface area contributed by atoms with Crippen LogP contribution in [0, 0.1) is 0 Å². The lowest BCUT2D eigenvalue weighted by atomic mass is 10.1. The predicted molar refractivity (Wildman–Crippen MR) is 88.2 cm³/mol. The molecular formula is C18H23N3O. The summed E-state index contributed by atoms with van der Waals surface area (Å²) in [6.07, 6.45) is 3.43. The van der Waals surface area contributed by atoms with Crippen molar-refractivity contribution in [1.29, 1.82) is 0 Å². The Balaban J connectivity index is 2.02. The van der Waals surface area contributed by atoms with Crippen LogP contribution in [-0.4, -0.2) is 28.9 Å². The van der Waals surface area contributed by atoms with Gasteiger partial charge >= 0.3 is 0 Å². The van der Waals surface area contributed by atoms with Gasteiger partial charge in [0.25, 0.3) is 0 Å². The molecule has 2 N–H and O–H groups in total. The van der Waals surface area contributed by atoms with Crippen LogP contribution in [-0.2, 0) is 11.2 Å². The van der Waals surface area contributed by atoms with Crippen LogP contribution in [0.4, 0.5) is 0 Å². The molecule has 4 nitrogen and oxygen atoms in total. The smallest absolute Gasteiger partial charge is 0.244 e. The lowest BCUT2D eigenvalue weighted by molar-refractivity contribution is -0.132. The van der Waals surface area contributed by atoms with Gasteiger partial charge in [-0.3, -0.25) is 9.78 Å². The Kier molecular flexibility index (Phi) is 6.10. The molecule has 0 bridgehead atoms. The zero-order chi connectivity index (χ0) is 15.8. The lowest BCUT2D eigenvalue weighted by Gasteiger charge is -2.25. The average Bonchev–Trinajstić information content (AvgIpc) is 2.59. The van der Waals surface area contributed by atoms with Gasteiger partial charge in [0.1, 0.15) is 6.04 Å². The Morgan fingerprint density at radius 1 is 1.14 bits per heavy atom. The van der Waals surface area contributed by atoms with Gasteiger partial charge in [-0.2, -0.15) is 0 Å². The Labute approximate surface area is 132 Å². The largest absolute Gasteiger partial charge is 0.341 e. The summed E-state index contributed by atoms with van der Waals surface area (Å²) in [7, 11) is 0. The second-order valence-electron chi connectivity index (χ2n) is 5.28. The number of nitrogens with zero attached hydrogens (tertiary/aromatic N) is 2. The number of rotatable bonds is 7. The zero-order valence-corrected chi connectivity index (χ0v) is 13.0. The summed E-state index contributed by atoms with van der Waals surface area (Å²) in [6.45, 7) is 3.42. The number of hydrogen-bond donors (Lipinski definition) is 1. The fourth-order valence-electron chi connectivity index (χ4n) is 2.40. The maximum Gasteiger partial charge on any atom is 0.244 e. The Morgan fingerprint density at radius 3 is 2.50 bits per heavy atom.